The lowest BCUT2D eigenvalue weighted by Crippen LogP contribution is -2.45. The molecule has 0 aliphatic rings. The van der Waals surface area contributed by atoms with E-state index in [0.29, 0.717) is 16.5 Å². The van der Waals surface area contributed by atoms with Gasteiger partial charge in [0, 0.05) is 5.02 Å². The maximum atomic E-state index is 12.5. The Balaban J connectivity index is 2.06. The number of methoxy groups -OCH3 is 1. The van der Waals surface area contributed by atoms with E-state index in [-0.39, 0.29) is 17.0 Å². The lowest BCUT2D eigenvalue weighted by Gasteiger charge is -2.20. The van der Waals surface area contributed by atoms with Gasteiger partial charge >= 0.3 is 0 Å². The summed E-state index contributed by atoms with van der Waals surface area (Å²) < 4.78 is 38.4. The summed E-state index contributed by atoms with van der Waals surface area (Å²) >= 11 is 5.79. The number of ether oxygens (including phenoxy) is 2. The molecule has 0 saturated carbocycles. The van der Waals surface area contributed by atoms with Gasteiger partial charge in [0.2, 0.25) is 15.9 Å². The number of amides is 1. The van der Waals surface area contributed by atoms with Crippen molar-refractivity contribution in [2.45, 2.75) is 50.8 Å². The number of nitrogens with one attached hydrogen (secondary N) is 2. The van der Waals surface area contributed by atoms with Crippen LogP contribution >= 0.6 is 11.6 Å². The maximum Gasteiger partial charge on any atom is 0.241 e. The summed E-state index contributed by atoms with van der Waals surface area (Å²) in [6, 6.07) is 9.75. The summed E-state index contributed by atoms with van der Waals surface area (Å²) in [5.41, 5.74) is 0.795. The minimum absolute atomic E-state index is 0.00334. The van der Waals surface area contributed by atoms with Crippen LogP contribution in [0.4, 0.5) is 0 Å². The molecule has 0 aliphatic heterocycles. The second kappa shape index (κ2) is 10.1. The lowest BCUT2D eigenvalue weighted by atomic mass is 10.1. The number of hydrogen-bond donors (Lipinski definition) is 2. The van der Waals surface area contributed by atoms with E-state index in [1.807, 2.05) is 19.9 Å². The third-order valence-corrected chi connectivity index (χ3v) is 6.07. The van der Waals surface area contributed by atoms with Crippen molar-refractivity contribution in [3.63, 3.8) is 0 Å². The van der Waals surface area contributed by atoms with Crippen LogP contribution in [0.25, 0.3) is 0 Å². The molecule has 0 fully saturated rings. The van der Waals surface area contributed by atoms with Crippen LogP contribution in [0, 0.1) is 0 Å². The van der Waals surface area contributed by atoms with Crippen molar-refractivity contribution in [1.82, 2.24) is 10.0 Å². The normalized spacial score (nSPS) is 13.6. The largest absolute Gasteiger partial charge is 0.493 e. The molecule has 0 radical (unpaired) electrons. The lowest BCUT2D eigenvalue weighted by molar-refractivity contribution is -0.123. The fraction of sp³-hybridized carbons (Fsp3) is 0.381. The molecule has 164 valence electrons. The van der Waals surface area contributed by atoms with Crippen LogP contribution in [0.15, 0.2) is 47.4 Å². The van der Waals surface area contributed by atoms with Gasteiger partial charge in [-0.2, -0.15) is 4.72 Å². The van der Waals surface area contributed by atoms with Crippen molar-refractivity contribution in [3.05, 3.63) is 53.1 Å². The Kier molecular flexibility index (Phi) is 8.11. The van der Waals surface area contributed by atoms with Crippen LogP contribution in [-0.4, -0.2) is 33.6 Å². The van der Waals surface area contributed by atoms with Crippen molar-refractivity contribution >= 4 is 27.5 Å². The van der Waals surface area contributed by atoms with Crippen LogP contribution in [-0.2, 0) is 14.8 Å². The molecule has 2 atom stereocenters. The third kappa shape index (κ3) is 6.35. The molecule has 2 aromatic carbocycles. The van der Waals surface area contributed by atoms with Crippen LogP contribution in [0.2, 0.25) is 5.02 Å². The monoisotopic (exact) mass is 454 g/mol. The van der Waals surface area contributed by atoms with Crippen molar-refractivity contribution in [1.29, 1.82) is 0 Å². The highest BCUT2D eigenvalue weighted by Crippen LogP contribution is 2.31. The highest BCUT2D eigenvalue weighted by Gasteiger charge is 2.23. The van der Waals surface area contributed by atoms with Gasteiger partial charge < -0.3 is 14.8 Å². The molecule has 9 heteroatoms. The molecule has 1 amide bonds. The standard InChI is InChI=1S/C21H27ClN2O5S/c1-13(2)29-19-11-6-16(12-20(19)28-5)14(3)23-21(25)15(4)24-30(26,27)18-9-7-17(22)8-10-18/h6-15,24H,1-5H3,(H,23,25)/t14?,15-/m0/s1. The smallest absolute Gasteiger partial charge is 0.241 e. The average molecular weight is 455 g/mol. The van der Waals surface area contributed by atoms with E-state index in [4.69, 9.17) is 21.1 Å². The first-order chi connectivity index (χ1) is 14.0. The molecule has 30 heavy (non-hydrogen) atoms. The number of sulfonamides is 1. The topological polar surface area (TPSA) is 93.7 Å². The zero-order valence-electron chi connectivity index (χ0n) is 17.6. The Labute approximate surface area is 182 Å². The first-order valence-corrected chi connectivity index (χ1v) is 11.3. The summed E-state index contributed by atoms with van der Waals surface area (Å²) in [6.07, 6.45) is -0.00334. The third-order valence-electron chi connectivity index (χ3n) is 4.26. The maximum absolute atomic E-state index is 12.5. The summed E-state index contributed by atoms with van der Waals surface area (Å²) in [4.78, 5) is 12.6. The average Bonchev–Trinajstić information content (AvgIpc) is 2.67. The van der Waals surface area contributed by atoms with Gasteiger partial charge in [-0.05, 0) is 69.7 Å². The second-order valence-electron chi connectivity index (χ2n) is 7.10. The zero-order chi connectivity index (χ0) is 22.5. The number of carbonyl (C=O) groups is 1. The van der Waals surface area contributed by atoms with Crippen LogP contribution < -0.4 is 19.5 Å². The molecule has 0 aliphatic carbocycles. The first kappa shape index (κ1) is 24.0. The summed E-state index contributed by atoms with van der Waals surface area (Å²) in [6.45, 7) is 7.12. The molecule has 0 saturated heterocycles. The summed E-state index contributed by atoms with van der Waals surface area (Å²) in [5.74, 6) is 0.708. The fourth-order valence-electron chi connectivity index (χ4n) is 2.69. The van der Waals surface area contributed by atoms with Crippen LogP contribution in [0.5, 0.6) is 11.5 Å². The van der Waals surface area contributed by atoms with E-state index in [9.17, 15) is 13.2 Å². The number of benzene rings is 2. The van der Waals surface area contributed by atoms with E-state index in [1.54, 1.807) is 26.2 Å². The molecule has 0 spiro atoms. The molecule has 0 bridgehead atoms. The van der Waals surface area contributed by atoms with Gasteiger partial charge in [0.15, 0.2) is 11.5 Å². The molecule has 1 unspecified atom stereocenters. The van der Waals surface area contributed by atoms with Crippen LogP contribution in [0.3, 0.4) is 0 Å². The minimum Gasteiger partial charge on any atom is -0.493 e. The van der Waals surface area contributed by atoms with E-state index in [0.717, 1.165) is 5.56 Å². The Hall–Kier alpha value is -2.29. The van der Waals surface area contributed by atoms with Crippen molar-refractivity contribution in [2.24, 2.45) is 0 Å². The Morgan fingerprint density at radius 3 is 2.20 bits per heavy atom. The molecule has 0 aromatic heterocycles. The Morgan fingerprint density at radius 2 is 1.63 bits per heavy atom. The fourth-order valence-corrected chi connectivity index (χ4v) is 4.02. The van der Waals surface area contributed by atoms with Gasteiger partial charge in [-0.25, -0.2) is 8.42 Å². The molecule has 7 nitrogen and oxygen atoms in total. The minimum atomic E-state index is -3.86. The molecular weight excluding hydrogens is 428 g/mol. The van der Waals surface area contributed by atoms with Gasteiger partial charge in [0.1, 0.15) is 0 Å². The first-order valence-electron chi connectivity index (χ1n) is 9.46. The number of hydrogen-bond acceptors (Lipinski definition) is 5. The number of halogens is 1. The predicted molar refractivity (Wildman–Crippen MR) is 117 cm³/mol. The molecule has 2 N–H and O–H groups in total. The van der Waals surface area contributed by atoms with E-state index < -0.39 is 22.0 Å². The predicted octanol–water partition coefficient (Wildman–Crippen LogP) is 3.68. The molecular formula is C21H27ClN2O5S. The SMILES string of the molecule is COc1cc(C(C)NC(=O)[C@H](C)NS(=O)(=O)c2ccc(Cl)cc2)ccc1OC(C)C. The van der Waals surface area contributed by atoms with Crippen molar-refractivity contribution < 1.29 is 22.7 Å². The van der Waals surface area contributed by atoms with Crippen LogP contribution in [0.1, 0.15) is 39.3 Å². The number of rotatable bonds is 9. The van der Waals surface area contributed by atoms with Gasteiger partial charge in [-0.3, -0.25) is 4.79 Å². The quantitative estimate of drug-likeness (QED) is 0.602. The highest BCUT2D eigenvalue weighted by molar-refractivity contribution is 7.89. The van der Waals surface area contributed by atoms with Gasteiger partial charge in [0.05, 0.1) is 30.2 Å². The van der Waals surface area contributed by atoms with Gasteiger partial charge in [0.25, 0.3) is 0 Å². The Morgan fingerprint density at radius 1 is 1.00 bits per heavy atom. The van der Waals surface area contributed by atoms with Crippen molar-refractivity contribution in [2.75, 3.05) is 7.11 Å². The van der Waals surface area contributed by atoms with E-state index in [2.05, 4.69) is 10.0 Å². The van der Waals surface area contributed by atoms with Gasteiger partial charge in [-0.1, -0.05) is 17.7 Å². The summed E-state index contributed by atoms with van der Waals surface area (Å²) in [7, 11) is -2.31. The van der Waals surface area contributed by atoms with Crippen molar-refractivity contribution in [3.8, 4) is 11.5 Å². The van der Waals surface area contributed by atoms with E-state index >= 15 is 0 Å². The Bertz CT molecular complexity index is 977. The highest BCUT2D eigenvalue weighted by atomic mass is 35.5. The van der Waals surface area contributed by atoms with Gasteiger partial charge in [-0.15, -0.1) is 0 Å². The number of carbonyl (C=O) groups excluding carboxylic acids is 1. The molecule has 0 heterocycles. The van der Waals surface area contributed by atoms with E-state index in [1.165, 1.54) is 31.2 Å². The molecule has 2 aromatic rings. The second-order valence-corrected chi connectivity index (χ2v) is 9.25. The summed E-state index contributed by atoms with van der Waals surface area (Å²) in [5, 5.41) is 3.23. The molecule has 2 rings (SSSR count). The zero-order valence-corrected chi connectivity index (χ0v) is 19.2.